The summed E-state index contributed by atoms with van der Waals surface area (Å²) in [6, 6.07) is 4.45. The highest BCUT2D eigenvalue weighted by molar-refractivity contribution is 6.53. The Kier molecular flexibility index (Phi) is 24.1. The van der Waals surface area contributed by atoms with Gasteiger partial charge in [0.05, 0.1) is 148 Å². The third-order valence-electron chi connectivity index (χ3n) is 11.7. The lowest BCUT2D eigenvalue weighted by Crippen LogP contribution is -2.41. The Bertz CT molecular complexity index is 3170. The van der Waals surface area contributed by atoms with Crippen LogP contribution in [0.3, 0.4) is 0 Å². The molecule has 4 aromatic rings. The number of carboxylic acid groups (broad SMARTS) is 2. The number of esters is 2. The summed E-state index contributed by atoms with van der Waals surface area (Å²) in [6.45, 7) is 3.30. The summed E-state index contributed by atoms with van der Waals surface area (Å²) in [7, 11) is 2.34. The first-order chi connectivity index (χ1) is 40.1. The van der Waals surface area contributed by atoms with Gasteiger partial charge in [0.2, 0.25) is 23.1 Å². The van der Waals surface area contributed by atoms with Gasteiger partial charge in [0.25, 0.3) is 11.6 Å². The average molecular weight is 1160 g/mol. The minimum absolute atomic E-state index is 0.0114. The van der Waals surface area contributed by atoms with E-state index in [1.807, 2.05) is 0 Å². The smallest absolute Gasteiger partial charge is 0.354 e. The molecule has 0 saturated carbocycles. The van der Waals surface area contributed by atoms with Crippen molar-refractivity contribution < 1.29 is 110 Å². The average Bonchev–Trinajstić information content (AvgIpc) is 3.00. The number of carbonyl (C=O) groups excluding carboxylic acids is 7. The molecule has 1 aliphatic heterocycles. The van der Waals surface area contributed by atoms with Crippen LogP contribution in [0.25, 0.3) is 43.4 Å². The maximum atomic E-state index is 13.8. The van der Waals surface area contributed by atoms with Crippen LogP contribution < -0.4 is 0 Å². The van der Waals surface area contributed by atoms with Gasteiger partial charge in [0.15, 0.2) is 0 Å². The molecule has 4 N–H and O–H groups in total. The molecule has 442 valence electrons. The van der Waals surface area contributed by atoms with Gasteiger partial charge in [0.1, 0.15) is 47.4 Å². The van der Waals surface area contributed by atoms with Crippen LogP contribution in [0.4, 0.5) is 0 Å². The zero-order chi connectivity index (χ0) is 59.9. The molecule has 1 saturated heterocycles. The molecule has 3 aliphatic rings. The lowest BCUT2D eigenvalue weighted by atomic mass is 9.84. The highest BCUT2D eigenvalue weighted by Gasteiger charge is 2.55. The fraction of sp³-hybridized carbons (Fsp3) is 0.460. The van der Waals surface area contributed by atoms with E-state index < -0.39 is 94.4 Å². The highest BCUT2D eigenvalue weighted by atomic mass is 16.7. The number of aromatic amines is 2. The summed E-state index contributed by atoms with van der Waals surface area (Å²) in [5, 5.41) is 25.6. The number of nitrogens with one attached hydrogen (secondary N) is 2. The standard InChI is InChI=1S/C27H31N5O12.C23H23N5O11/c1-37-25(35)16-13-18(20(33)15-42-10-9-41-8-7-40-6-5-39-4-3-29-32-28)30-23-21(16)22-17(14-19(31-22)26(36)38-2)27(24(23)34)43-11-12-44-27;24-28-25-1-2-36-3-4-37-5-6-38-7-8-39-11-16(29)14-9-12(22(32)33)17-18-13(10-15(27-18)23(34)35)20(30)21(31)19(17)26-14/h13-14,31H,3-12,15H2,1-2H3;9-10,27H,1-8,11H2,(H,32,33)(H,34,35). The van der Waals surface area contributed by atoms with Gasteiger partial charge in [-0.15, -0.1) is 0 Å². The number of aromatic nitrogens is 4. The lowest BCUT2D eigenvalue weighted by Gasteiger charge is -2.31. The second kappa shape index (κ2) is 31.5. The van der Waals surface area contributed by atoms with Gasteiger partial charge in [-0.2, -0.15) is 0 Å². The fourth-order valence-electron chi connectivity index (χ4n) is 8.03. The van der Waals surface area contributed by atoms with Gasteiger partial charge < -0.3 is 77.0 Å². The van der Waals surface area contributed by atoms with E-state index in [9.17, 15) is 53.4 Å². The van der Waals surface area contributed by atoms with Crippen molar-refractivity contribution in [3.63, 3.8) is 0 Å². The first-order valence-corrected chi connectivity index (χ1v) is 25.0. The van der Waals surface area contributed by atoms with Gasteiger partial charge in [-0.25, -0.2) is 29.1 Å². The van der Waals surface area contributed by atoms with E-state index in [2.05, 4.69) is 40.0 Å². The van der Waals surface area contributed by atoms with Crippen LogP contribution in [0.1, 0.15) is 99.6 Å². The number of nitrogens with zero attached hydrogens (tertiary/aromatic N) is 8. The molecule has 83 heavy (non-hydrogen) atoms. The van der Waals surface area contributed by atoms with Crippen molar-refractivity contribution >= 4 is 52.8 Å². The van der Waals surface area contributed by atoms with Crippen molar-refractivity contribution in [2.75, 3.05) is 146 Å². The number of azide groups is 2. The first kappa shape index (κ1) is 63.5. The van der Waals surface area contributed by atoms with Crippen LogP contribution in [0.15, 0.2) is 34.5 Å². The third kappa shape index (κ3) is 16.1. The van der Waals surface area contributed by atoms with Gasteiger partial charge >= 0.3 is 23.9 Å². The van der Waals surface area contributed by atoms with E-state index in [-0.39, 0.29) is 122 Å². The van der Waals surface area contributed by atoms with Crippen LogP contribution in [0.2, 0.25) is 0 Å². The fourth-order valence-corrected chi connectivity index (χ4v) is 8.03. The Morgan fingerprint density at radius 3 is 1.48 bits per heavy atom. The summed E-state index contributed by atoms with van der Waals surface area (Å²) in [6.07, 6.45) is 0. The van der Waals surface area contributed by atoms with Crippen LogP contribution in [0.5, 0.6) is 0 Å². The number of pyridine rings is 2. The second-order valence-electron chi connectivity index (χ2n) is 16.9. The Hall–Kier alpha value is -8.69. The molecule has 0 aromatic carbocycles. The molecular formula is C50H54N10O23. The molecule has 0 amide bonds. The molecule has 0 bridgehead atoms. The predicted molar refractivity (Wildman–Crippen MR) is 274 cm³/mol. The molecule has 0 unspecified atom stereocenters. The van der Waals surface area contributed by atoms with E-state index in [1.165, 1.54) is 19.2 Å². The summed E-state index contributed by atoms with van der Waals surface area (Å²) in [5.74, 6) is -10.8. The van der Waals surface area contributed by atoms with Crippen molar-refractivity contribution in [1.29, 1.82) is 0 Å². The molecular weight excluding hydrogens is 1110 g/mol. The van der Waals surface area contributed by atoms with Crippen LogP contribution in [-0.4, -0.2) is 229 Å². The van der Waals surface area contributed by atoms with E-state index in [4.69, 9.17) is 67.9 Å². The molecule has 33 nitrogen and oxygen atoms in total. The topological polar surface area (TPSA) is 460 Å². The predicted octanol–water partition coefficient (Wildman–Crippen LogP) is 3.02. The van der Waals surface area contributed by atoms with Crippen molar-refractivity contribution in [3.05, 3.63) is 102 Å². The van der Waals surface area contributed by atoms with E-state index in [0.717, 1.165) is 19.2 Å². The number of hydrogen-bond donors (Lipinski definition) is 4. The first-order valence-electron chi connectivity index (χ1n) is 25.0. The molecule has 0 atom stereocenters. The van der Waals surface area contributed by atoms with E-state index >= 15 is 0 Å². The normalized spacial score (nSPS) is 13.3. The minimum atomic E-state index is -1.93. The van der Waals surface area contributed by atoms with Crippen molar-refractivity contribution in [2.45, 2.75) is 5.79 Å². The zero-order valence-corrected chi connectivity index (χ0v) is 44.5. The lowest BCUT2D eigenvalue weighted by molar-refractivity contribution is -0.126. The van der Waals surface area contributed by atoms with Gasteiger partial charge in [0, 0.05) is 39.6 Å². The second-order valence-corrected chi connectivity index (χ2v) is 16.9. The molecule has 4 aromatic heterocycles. The number of rotatable bonds is 34. The summed E-state index contributed by atoms with van der Waals surface area (Å²) >= 11 is 0. The SMILES string of the molecule is COC(=O)c1cc2c([nH]1)-c1c(C(=O)OC)cc(C(=O)COCCOCCOCCOCCN=[N+]=[N-])nc1C(=O)C21OCCO1.[N-]=[N+]=NCCOCCOCCOCCOCC(=O)c1cc(C(=O)O)c2c(n1)C(=O)C(=O)c1cc(C(=O)O)[nH]c1-2. The van der Waals surface area contributed by atoms with Gasteiger partial charge in [-0.05, 0) is 35.3 Å². The number of ketones is 5. The van der Waals surface area contributed by atoms with E-state index in [0.29, 0.717) is 52.9 Å². The minimum Gasteiger partial charge on any atom is -0.478 e. The van der Waals surface area contributed by atoms with Gasteiger partial charge in [-0.3, -0.25) is 24.0 Å². The number of aromatic carboxylic acids is 2. The van der Waals surface area contributed by atoms with E-state index in [1.54, 1.807) is 0 Å². The number of Topliss-reactive ketones (excluding diaryl/α,β-unsaturated/α-hetero) is 5. The summed E-state index contributed by atoms with van der Waals surface area (Å²) < 4.78 is 63.6. The number of carboxylic acids is 2. The van der Waals surface area contributed by atoms with Crippen LogP contribution in [0, 0.1) is 0 Å². The largest absolute Gasteiger partial charge is 0.478 e. The molecule has 2 aliphatic carbocycles. The molecule has 1 fully saturated rings. The van der Waals surface area contributed by atoms with Crippen molar-refractivity contribution in [1.82, 2.24) is 19.9 Å². The Morgan fingerprint density at radius 1 is 0.566 bits per heavy atom. The number of carbonyl (C=O) groups is 9. The maximum absolute atomic E-state index is 13.8. The Morgan fingerprint density at radius 2 is 1.01 bits per heavy atom. The summed E-state index contributed by atoms with van der Waals surface area (Å²) in [5.41, 5.74) is 13.4. The summed E-state index contributed by atoms with van der Waals surface area (Å²) in [4.78, 5) is 132. The molecule has 1 spiro atoms. The van der Waals surface area contributed by atoms with Crippen LogP contribution >= 0.6 is 0 Å². The number of H-pyrrole nitrogens is 2. The molecule has 33 heteroatoms. The number of ether oxygens (including phenoxy) is 12. The zero-order valence-electron chi connectivity index (χ0n) is 44.5. The van der Waals surface area contributed by atoms with Crippen molar-refractivity contribution in [3.8, 4) is 22.5 Å². The number of fused-ring (bicyclic) bond motifs is 7. The quantitative estimate of drug-likeness (QED) is 0.00993. The molecule has 7 rings (SSSR count). The number of methoxy groups -OCH3 is 2. The molecule has 5 heterocycles. The van der Waals surface area contributed by atoms with Crippen LogP contribution in [-0.2, 0) is 62.6 Å². The Balaban J connectivity index is 0.000000269. The number of hydrogen-bond acceptors (Lipinski definition) is 25. The Labute approximate surface area is 468 Å². The third-order valence-corrected chi connectivity index (χ3v) is 11.7. The van der Waals surface area contributed by atoms with Crippen molar-refractivity contribution in [2.24, 2.45) is 10.2 Å². The maximum Gasteiger partial charge on any atom is 0.354 e. The van der Waals surface area contributed by atoms with Gasteiger partial charge in [-0.1, -0.05) is 10.2 Å². The highest BCUT2D eigenvalue weighted by Crippen LogP contribution is 2.48. The monoisotopic (exact) mass is 1160 g/mol. The molecule has 0 radical (unpaired) electrons.